The zero-order valence-corrected chi connectivity index (χ0v) is 16.3. The molecule has 168 valence electrons. The van der Waals surface area contributed by atoms with Gasteiger partial charge in [-0.15, -0.1) is 0 Å². The van der Waals surface area contributed by atoms with Crippen molar-refractivity contribution in [2.75, 3.05) is 0 Å². The Bertz CT molecular complexity index is 1260. The first-order valence-corrected chi connectivity index (χ1v) is 9.18. The van der Waals surface area contributed by atoms with Crippen LogP contribution >= 0.6 is 0 Å². The van der Waals surface area contributed by atoms with E-state index < -0.39 is 41.5 Å². The molecular weight excluding hydrogens is 442 g/mol. The van der Waals surface area contributed by atoms with Gasteiger partial charge in [0, 0.05) is 11.8 Å². The lowest BCUT2D eigenvalue weighted by Gasteiger charge is -2.30. The number of benzene rings is 1. The smallest absolute Gasteiger partial charge is 0.435 e. The van der Waals surface area contributed by atoms with E-state index in [9.17, 15) is 36.2 Å². The van der Waals surface area contributed by atoms with Crippen molar-refractivity contribution in [1.82, 2.24) is 4.40 Å². The molecule has 0 saturated carbocycles. The molecule has 1 atom stereocenters. The molecular formula is C21H14F6N2O3. The van der Waals surface area contributed by atoms with Crippen LogP contribution in [0.2, 0.25) is 0 Å². The quantitative estimate of drug-likeness (QED) is 0.526. The Kier molecular flexibility index (Phi) is 4.76. The van der Waals surface area contributed by atoms with Gasteiger partial charge in [-0.05, 0) is 43.3 Å². The fourth-order valence-electron chi connectivity index (χ4n) is 3.78. The van der Waals surface area contributed by atoms with Gasteiger partial charge in [-0.3, -0.25) is 0 Å². The maximum atomic E-state index is 14.2. The summed E-state index contributed by atoms with van der Waals surface area (Å²) in [6.07, 6.45) is -9.38. The number of hydrogen-bond acceptors (Lipinski definition) is 3. The summed E-state index contributed by atoms with van der Waals surface area (Å²) < 4.78 is 83.7. The number of carboxylic acid groups (broad SMARTS) is 1. The number of halogens is 6. The van der Waals surface area contributed by atoms with Crippen LogP contribution in [-0.2, 0) is 16.6 Å². The lowest BCUT2D eigenvalue weighted by Crippen LogP contribution is -2.43. The molecule has 1 aliphatic rings. The number of aryl methyl sites for hydroxylation is 1. The Hall–Kier alpha value is -3.50. The summed E-state index contributed by atoms with van der Waals surface area (Å²) in [7, 11) is 0. The van der Waals surface area contributed by atoms with Crippen molar-refractivity contribution in [3.05, 3.63) is 76.6 Å². The summed E-state index contributed by atoms with van der Waals surface area (Å²) in [6.45, 7) is 1.26. The average molecular weight is 456 g/mol. The van der Waals surface area contributed by atoms with Gasteiger partial charge in [-0.2, -0.15) is 26.3 Å². The number of carbonyl (C=O) groups is 1. The summed E-state index contributed by atoms with van der Waals surface area (Å²) in [5, 5.41) is 12.9. The van der Waals surface area contributed by atoms with Gasteiger partial charge in [-0.1, -0.05) is 16.8 Å². The molecule has 32 heavy (non-hydrogen) atoms. The van der Waals surface area contributed by atoms with Crippen LogP contribution in [0.3, 0.4) is 0 Å². The Balaban J connectivity index is 1.83. The van der Waals surface area contributed by atoms with Crippen molar-refractivity contribution in [2.24, 2.45) is 5.16 Å². The number of oxime groups is 1. The van der Waals surface area contributed by atoms with Crippen LogP contribution < -0.4 is 0 Å². The van der Waals surface area contributed by atoms with Crippen LogP contribution in [0.15, 0.2) is 53.8 Å². The van der Waals surface area contributed by atoms with E-state index in [4.69, 9.17) is 4.84 Å². The third-order valence-corrected chi connectivity index (χ3v) is 5.28. The van der Waals surface area contributed by atoms with E-state index in [1.165, 1.54) is 41.8 Å². The first kappa shape index (κ1) is 21.7. The van der Waals surface area contributed by atoms with Gasteiger partial charge in [0.25, 0.3) is 5.60 Å². The molecule has 3 aromatic rings. The number of aromatic carboxylic acids is 1. The maximum Gasteiger partial charge on any atom is 0.435 e. The maximum absolute atomic E-state index is 14.2. The van der Waals surface area contributed by atoms with E-state index in [0.717, 1.165) is 12.1 Å². The van der Waals surface area contributed by atoms with Crippen LogP contribution in [0.1, 0.15) is 39.2 Å². The van der Waals surface area contributed by atoms with Crippen LogP contribution in [0.4, 0.5) is 26.3 Å². The minimum atomic E-state index is -5.09. The molecule has 2 aromatic heterocycles. The lowest BCUT2D eigenvalue weighted by molar-refractivity contribution is -0.276. The molecule has 0 radical (unpaired) electrons. The summed E-state index contributed by atoms with van der Waals surface area (Å²) in [6, 6.07) is 7.63. The number of pyridine rings is 1. The van der Waals surface area contributed by atoms with Crippen LogP contribution in [0, 0.1) is 6.92 Å². The number of fused-ring (bicyclic) bond motifs is 1. The molecule has 0 spiro atoms. The molecule has 0 bridgehead atoms. The third-order valence-electron chi connectivity index (χ3n) is 5.28. The first-order chi connectivity index (χ1) is 14.8. The first-order valence-electron chi connectivity index (χ1n) is 9.18. The minimum absolute atomic E-state index is 0.0193. The monoisotopic (exact) mass is 456 g/mol. The largest absolute Gasteiger partial charge is 0.478 e. The molecule has 5 nitrogen and oxygen atoms in total. The molecule has 0 fully saturated rings. The molecule has 3 heterocycles. The summed E-state index contributed by atoms with van der Waals surface area (Å²) >= 11 is 0. The highest BCUT2D eigenvalue weighted by molar-refractivity contribution is 6.03. The molecule has 0 aliphatic carbocycles. The topological polar surface area (TPSA) is 63.3 Å². The second kappa shape index (κ2) is 7.01. The van der Waals surface area contributed by atoms with Crippen molar-refractivity contribution in [3.8, 4) is 0 Å². The zero-order valence-electron chi connectivity index (χ0n) is 16.3. The van der Waals surface area contributed by atoms with Crippen molar-refractivity contribution in [3.63, 3.8) is 0 Å². The Morgan fingerprint density at radius 2 is 1.84 bits per heavy atom. The molecule has 1 unspecified atom stereocenters. The van der Waals surface area contributed by atoms with E-state index in [-0.39, 0.29) is 28.0 Å². The molecule has 0 saturated heterocycles. The highest BCUT2D eigenvalue weighted by Gasteiger charge is 2.62. The van der Waals surface area contributed by atoms with Crippen molar-refractivity contribution in [1.29, 1.82) is 0 Å². The van der Waals surface area contributed by atoms with Gasteiger partial charge < -0.3 is 14.3 Å². The predicted octanol–water partition coefficient (Wildman–Crippen LogP) is 5.55. The molecule has 11 heteroatoms. The number of aromatic nitrogens is 1. The Labute approximate surface area is 176 Å². The molecule has 0 amide bonds. The average Bonchev–Trinajstić information content (AvgIpc) is 3.33. The van der Waals surface area contributed by atoms with Gasteiger partial charge >= 0.3 is 18.3 Å². The fraction of sp³-hybridized carbons (Fsp3) is 0.238. The standard InChI is InChI=1S/C21H14F6N2O3/c1-11-7-12(9-13(8-11)20(22,23)24)19(21(25,26)27)10-15(28-32-19)17-5-4-14(18(30)31)16-3-2-6-29(16)17/h2-9H,10H2,1H3,(H,30,31). The fourth-order valence-corrected chi connectivity index (χ4v) is 3.78. The third kappa shape index (κ3) is 3.37. The summed E-state index contributed by atoms with van der Waals surface area (Å²) in [5.41, 5.74) is -5.01. The second-order valence-corrected chi connectivity index (χ2v) is 7.42. The highest BCUT2D eigenvalue weighted by Crippen LogP contribution is 2.50. The summed E-state index contributed by atoms with van der Waals surface area (Å²) in [5.74, 6) is -1.23. The molecule has 4 rings (SSSR count). The Morgan fingerprint density at radius 1 is 1.12 bits per heavy atom. The van der Waals surface area contributed by atoms with E-state index >= 15 is 0 Å². The SMILES string of the molecule is Cc1cc(C(F)(F)F)cc(C2(C(F)(F)F)CC(c3ccc(C(=O)O)c4cccn34)=NO2)c1. The molecule has 1 aliphatic heterocycles. The summed E-state index contributed by atoms with van der Waals surface area (Å²) in [4.78, 5) is 16.3. The second-order valence-electron chi connectivity index (χ2n) is 7.42. The van der Waals surface area contributed by atoms with E-state index in [1.54, 1.807) is 0 Å². The van der Waals surface area contributed by atoms with E-state index in [0.29, 0.717) is 6.07 Å². The normalized spacial score (nSPS) is 19.2. The molecule has 1 N–H and O–H groups in total. The van der Waals surface area contributed by atoms with E-state index in [1.807, 2.05) is 0 Å². The minimum Gasteiger partial charge on any atom is -0.478 e. The Morgan fingerprint density at radius 3 is 2.47 bits per heavy atom. The number of carboxylic acids is 1. The van der Waals surface area contributed by atoms with Crippen LogP contribution in [0.25, 0.3) is 5.52 Å². The molecule has 1 aromatic carbocycles. The van der Waals surface area contributed by atoms with Crippen LogP contribution in [0.5, 0.6) is 0 Å². The number of alkyl halides is 6. The highest BCUT2D eigenvalue weighted by atomic mass is 19.4. The van der Waals surface area contributed by atoms with Crippen molar-refractivity contribution >= 4 is 17.2 Å². The van der Waals surface area contributed by atoms with Gasteiger partial charge in [0.1, 0.15) is 5.71 Å². The van der Waals surface area contributed by atoms with Crippen LogP contribution in [-0.4, -0.2) is 27.4 Å². The number of rotatable bonds is 3. The number of hydrogen-bond donors (Lipinski definition) is 1. The van der Waals surface area contributed by atoms with Gasteiger partial charge in [0.15, 0.2) is 0 Å². The lowest BCUT2D eigenvalue weighted by atomic mass is 9.85. The van der Waals surface area contributed by atoms with Gasteiger partial charge in [0.05, 0.1) is 28.8 Å². The van der Waals surface area contributed by atoms with Gasteiger partial charge in [-0.25, -0.2) is 4.79 Å². The predicted molar refractivity (Wildman–Crippen MR) is 101 cm³/mol. The van der Waals surface area contributed by atoms with Gasteiger partial charge in [0.2, 0.25) is 0 Å². The van der Waals surface area contributed by atoms with E-state index in [2.05, 4.69) is 5.16 Å². The van der Waals surface area contributed by atoms with Crippen molar-refractivity contribution < 1.29 is 41.1 Å². The zero-order chi connectivity index (χ0) is 23.5. The van der Waals surface area contributed by atoms with Crippen molar-refractivity contribution in [2.45, 2.75) is 31.3 Å². The number of nitrogens with zero attached hydrogens (tertiary/aromatic N) is 2.